The third kappa shape index (κ3) is 2.27. The minimum Gasteiger partial charge on any atom is -0.454 e. The summed E-state index contributed by atoms with van der Waals surface area (Å²) in [6.45, 7) is -0.111. The molecule has 0 radical (unpaired) electrons. The topological polar surface area (TPSA) is 47.9 Å². The lowest BCUT2D eigenvalue weighted by Gasteiger charge is -2.27. The Hall–Kier alpha value is -2.01. The Morgan fingerprint density at radius 3 is 2.33 bits per heavy atom. The number of aliphatic imine (C=N–C) groups is 1. The van der Waals surface area contributed by atoms with Crippen LogP contribution in [-0.2, 0) is 16.5 Å². The number of isocyanates is 1. The fraction of sp³-hybridized carbons (Fsp3) is 0.500. The van der Waals surface area contributed by atoms with Crippen molar-refractivity contribution in [2.24, 2.45) is 4.99 Å². The number of hydrogen-bond donors (Lipinski definition) is 0. The van der Waals surface area contributed by atoms with Gasteiger partial charge >= 0.3 is 6.18 Å². The first kappa shape index (κ1) is 13.9. The van der Waals surface area contributed by atoms with Gasteiger partial charge in [-0.1, -0.05) is 12.8 Å². The summed E-state index contributed by atoms with van der Waals surface area (Å²) in [5.74, 6) is 0.319. The molecule has 2 aliphatic rings. The largest absolute Gasteiger partial charge is 0.454 e. The van der Waals surface area contributed by atoms with E-state index in [1.807, 2.05) is 0 Å². The standard InChI is InChI=1S/C14H12F3NO3/c15-14(16,17)10-6-12-11(20-8-21-12)5-9(10)13(18-7-19)3-1-2-4-13/h5-6H,1-4,8H2. The summed E-state index contributed by atoms with van der Waals surface area (Å²) in [6, 6.07) is 2.23. The molecule has 1 aliphatic heterocycles. The molecule has 1 heterocycles. The van der Waals surface area contributed by atoms with Crippen molar-refractivity contribution >= 4 is 6.08 Å². The monoisotopic (exact) mass is 299 g/mol. The minimum atomic E-state index is -4.55. The summed E-state index contributed by atoms with van der Waals surface area (Å²) in [5, 5.41) is 0. The van der Waals surface area contributed by atoms with Crippen molar-refractivity contribution in [1.82, 2.24) is 0 Å². The van der Waals surface area contributed by atoms with E-state index in [2.05, 4.69) is 4.99 Å². The van der Waals surface area contributed by atoms with Gasteiger partial charge in [-0.2, -0.15) is 18.2 Å². The molecule has 1 aliphatic carbocycles. The Labute approximate surface area is 118 Å². The zero-order valence-electron chi connectivity index (χ0n) is 11.0. The van der Waals surface area contributed by atoms with E-state index < -0.39 is 17.3 Å². The van der Waals surface area contributed by atoms with Gasteiger partial charge in [0, 0.05) is 0 Å². The van der Waals surface area contributed by atoms with Gasteiger partial charge in [0.25, 0.3) is 0 Å². The van der Waals surface area contributed by atoms with E-state index in [0.717, 1.165) is 18.9 Å². The second kappa shape index (κ2) is 4.77. The van der Waals surface area contributed by atoms with E-state index in [1.165, 1.54) is 12.1 Å². The van der Waals surface area contributed by atoms with E-state index in [-0.39, 0.29) is 23.9 Å². The van der Waals surface area contributed by atoms with Gasteiger partial charge < -0.3 is 9.47 Å². The summed E-state index contributed by atoms with van der Waals surface area (Å²) in [7, 11) is 0. The SMILES string of the molecule is O=C=NC1(c2cc3c(cc2C(F)(F)F)OCO3)CCCC1. The number of carbonyl (C=O) groups excluding carboxylic acids is 1. The third-order valence-corrected chi connectivity index (χ3v) is 4.01. The highest BCUT2D eigenvalue weighted by Gasteiger charge is 2.45. The van der Waals surface area contributed by atoms with Crippen LogP contribution in [0.3, 0.4) is 0 Å². The maximum absolute atomic E-state index is 13.3. The van der Waals surface area contributed by atoms with Crippen molar-refractivity contribution in [2.45, 2.75) is 37.4 Å². The number of nitrogens with zero attached hydrogens (tertiary/aromatic N) is 1. The number of fused-ring (bicyclic) bond motifs is 1. The van der Waals surface area contributed by atoms with Crippen LogP contribution in [0.4, 0.5) is 13.2 Å². The van der Waals surface area contributed by atoms with Gasteiger partial charge in [-0.05, 0) is 30.5 Å². The molecular formula is C14H12F3NO3. The molecule has 3 rings (SSSR count). The van der Waals surface area contributed by atoms with E-state index in [1.54, 1.807) is 0 Å². The van der Waals surface area contributed by atoms with Gasteiger partial charge in [-0.25, -0.2) is 4.79 Å². The first-order valence-electron chi connectivity index (χ1n) is 6.57. The van der Waals surface area contributed by atoms with Crippen LogP contribution >= 0.6 is 0 Å². The highest BCUT2D eigenvalue weighted by Crippen LogP contribution is 2.50. The summed E-state index contributed by atoms with van der Waals surface area (Å²) < 4.78 is 50.2. The molecular weight excluding hydrogens is 287 g/mol. The molecule has 1 aromatic rings. The quantitative estimate of drug-likeness (QED) is 0.620. The molecule has 112 valence electrons. The van der Waals surface area contributed by atoms with Crippen LogP contribution in [0.15, 0.2) is 17.1 Å². The third-order valence-electron chi connectivity index (χ3n) is 4.01. The number of alkyl halides is 3. The maximum Gasteiger partial charge on any atom is 0.416 e. The molecule has 0 bridgehead atoms. The molecule has 0 amide bonds. The fourth-order valence-corrected chi connectivity index (χ4v) is 3.05. The smallest absolute Gasteiger partial charge is 0.416 e. The number of hydrogen-bond acceptors (Lipinski definition) is 4. The average molecular weight is 299 g/mol. The summed E-state index contributed by atoms with van der Waals surface area (Å²) >= 11 is 0. The van der Waals surface area contributed by atoms with E-state index in [0.29, 0.717) is 12.8 Å². The van der Waals surface area contributed by atoms with Crippen LogP contribution in [0.25, 0.3) is 0 Å². The van der Waals surface area contributed by atoms with Crippen molar-refractivity contribution < 1.29 is 27.4 Å². The van der Waals surface area contributed by atoms with Crippen LogP contribution in [-0.4, -0.2) is 12.9 Å². The molecule has 4 nitrogen and oxygen atoms in total. The number of halogens is 3. The number of rotatable bonds is 2. The fourth-order valence-electron chi connectivity index (χ4n) is 3.05. The molecule has 0 spiro atoms. The summed E-state index contributed by atoms with van der Waals surface area (Å²) in [5.41, 5.74) is -2.01. The normalized spacial score (nSPS) is 19.4. The van der Waals surface area contributed by atoms with Crippen molar-refractivity contribution in [3.05, 3.63) is 23.3 Å². The van der Waals surface area contributed by atoms with Crippen LogP contribution in [0.2, 0.25) is 0 Å². The molecule has 1 fully saturated rings. The molecule has 1 saturated carbocycles. The number of benzene rings is 1. The lowest BCUT2D eigenvalue weighted by molar-refractivity contribution is -0.138. The van der Waals surface area contributed by atoms with E-state index in [4.69, 9.17) is 9.47 Å². The van der Waals surface area contributed by atoms with Gasteiger partial charge in [0.05, 0.1) is 11.1 Å². The summed E-state index contributed by atoms with van der Waals surface area (Å²) in [6.07, 6.45) is -0.894. The molecule has 0 aromatic heterocycles. The van der Waals surface area contributed by atoms with E-state index in [9.17, 15) is 18.0 Å². The molecule has 0 N–H and O–H groups in total. The maximum atomic E-state index is 13.3. The van der Waals surface area contributed by atoms with Crippen LogP contribution in [0, 0.1) is 0 Å². The predicted molar refractivity (Wildman–Crippen MR) is 65.8 cm³/mol. The summed E-state index contributed by atoms with van der Waals surface area (Å²) in [4.78, 5) is 14.4. The van der Waals surface area contributed by atoms with Crippen molar-refractivity contribution in [1.29, 1.82) is 0 Å². The van der Waals surface area contributed by atoms with Crippen molar-refractivity contribution in [3.63, 3.8) is 0 Å². The molecule has 21 heavy (non-hydrogen) atoms. The Morgan fingerprint density at radius 1 is 1.14 bits per heavy atom. The molecule has 0 saturated heterocycles. The first-order chi connectivity index (χ1) is 9.96. The van der Waals surface area contributed by atoms with Crippen LogP contribution < -0.4 is 9.47 Å². The van der Waals surface area contributed by atoms with Crippen LogP contribution in [0.5, 0.6) is 11.5 Å². The van der Waals surface area contributed by atoms with Gasteiger partial charge in [0.2, 0.25) is 12.9 Å². The lowest BCUT2D eigenvalue weighted by Crippen LogP contribution is -2.24. The Balaban J connectivity index is 2.22. The predicted octanol–water partition coefficient (Wildman–Crippen LogP) is 3.54. The molecule has 7 heteroatoms. The van der Waals surface area contributed by atoms with Gasteiger partial charge in [-0.3, -0.25) is 0 Å². The number of ether oxygens (including phenoxy) is 2. The van der Waals surface area contributed by atoms with E-state index >= 15 is 0 Å². The highest BCUT2D eigenvalue weighted by atomic mass is 19.4. The Morgan fingerprint density at radius 2 is 1.76 bits per heavy atom. The molecule has 0 unspecified atom stereocenters. The van der Waals surface area contributed by atoms with Gasteiger partial charge in [-0.15, -0.1) is 0 Å². The van der Waals surface area contributed by atoms with Gasteiger partial charge in [0.15, 0.2) is 11.5 Å². The van der Waals surface area contributed by atoms with Crippen LogP contribution in [0.1, 0.15) is 36.8 Å². The lowest BCUT2D eigenvalue weighted by atomic mass is 9.85. The first-order valence-corrected chi connectivity index (χ1v) is 6.57. The van der Waals surface area contributed by atoms with Crippen molar-refractivity contribution in [3.8, 4) is 11.5 Å². The van der Waals surface area contributed by atoms with Crippen molar-refractivity contribution in [2.75, 3.05) is 6.79 Å². The minimum absolute atomic E-state index is 0.0277. The Kier molecular flexibility index (Phi) is 3.17. The molecule has 0 atom stereocenters. The Bertz CT molecular complexity index is 615. The molecule has 1 aromatic carbocycles. The highest BCUT2D eigenvalue weighted by molar-refractivity contribution is 5.53. The second-order valence-electron chi connectivity index (χ2n) is 5.19. The zero-order valence-corrected chi connectivity index (χ0v) is 11.0. The zero-order chi connectivity index (χ0) is 15.1. The average Bonchev–Trinajstić information content (AvgIpc) is 3.05. The van der Waals surface area contributed by atoms with Gasteiger partial charge in [0.1, 0.15) is 0 Å². The second-order valence-corrected chi connectivity index (χ2v) is 5.19.